The zero-order valence-corrected chi connectivity index (χ0v) is 15.9. The van der Waals surface area contributed by atoms with E-state index >= 15 is 0 Å². The standard InChI is InChI=1S/C23H20N4O2/c1-2-22(28)25-21-15-20(26-27(21)17-11-4-3-5-12-17)23(29)24-19-14-8-10-16-9-6-7-13-18(16)19/h3-15H,2H2,1H3,(H,24,29)(H,25,28). The quantitative estimate of drug-likeness (QED) is 0.527. The van der Waals surface area contributed by atoms with Crippen molar-refractivity contribution in [2.45, 2.75) is 13.3 Å². The van der Waals surface area contributed by atoms with Crippen LogP contribution in [0.4, 0.5) is 11.5 Å². The summed E-state index contributed by atoms with van der Waals surface area (Å²) in [6, 6.07) is 24.5. The molecule has 3 aromatic carbocycles. The van der Waals surface area contributed by atoms with Gasteiger partial charge in [-0.05, 0) is 23.6 Å². The summed E-state index contributed by atoms with van der Waals surface area (Å²) in [5.74, 6) is -0.0442. The van der Waals surface area contributed by atoms with Gasteiger partial charge in [0.1, 0.15) is 5.82 Å². The van der Waals surface area contributed by atoms with Gasteiger partial charge in [0.15, 0.2) is 5.69 Å². The molecule has 0 unspecified atom stereocenters. The van der Waals surface area contributed by atoms with E-state index in [2.05, 4.69) is 15.7 Å². The Hall–Kier alpha value is -3.93. The van der Waals surface area contributed by atoms with Crippen LogP contribution in [0.1, 0.15) is 23.8 Å². The average Bonchev–Trinajstić information content (AvgIpc) is 3.18. The van der Waals surface area contributed by atoms with E-state index in [1.165, 1.54) is 0 Å². The van der Waals surface area contributed by atoms with Crippen molar-refractivity contribution in [3.63, 3.8) is 0 Å². The topological polar surface area (TPSA) is 76.0 Å². The zero-order valence-electron chi connectivity index (χ0n) is 15.9. The second-order valence-electron chi connectivity index (χ2n) is 6.54. The fraction of sp³-hybridized carbons (Fsp3) is 0.0870. The summed E-state index contributed by atoms with van der Waals surface area (Å²) in [7, 11) is 0. The normalized spacial score (nSPS) is 10.7. The Kier molecular flexibility index (Phi) is 5.07. The van der Waals surface area contributed by atoms with Crippen molar-refractivity contribution in [2.75, 3.05) is 10.6 Å². The van der Waals surface area contributed by atoms with E-state index in [0.717, 1.165) is 16.5 Å². The number of carbonyl (C=O) groups excluding carboxylic acids is 2. The summed E-state index contributed by atoms with van der Waals surface area (Å²) in [5.41, 5.74) is 1.68. The first-order valence-electron chi connectivity index (χ1n) is 9.40. The predicted octanol–water partition coefficient (Wildman–Crippen LogP) is 4.63. The summed E-state index contributed by atoms with van der Waals surface area (Å²) in [6.07, 6.45) is 0.331. The van der Waals surface area contributed by atoms with Gasteiger partial charge in [0, 0.05) is 23.6 Å². The van der Waals surface area contributed by atoms with Gasteiger partial charge in [0.25, 0.3) is 5.91 Å². The van der Waals surface area contributed by atoms with Gasteiger partial charge in [-0.3, -0.25) is 9.59 Å². The highest BCUT2D eigenvalue weighted by atomic mass is 16.2. The number of hydrogen-bond acceptors (Lipinski definition) is 3. The van der Waals surface area contributed by atoms with Crippen LogP contribution in [0, 0.1) is 0 Å². The van der Waals surface area contributed by atoms with Gasteiger partial charge in [0.05, 0.1) is 5.69 Å². The minimum absolute atomic E-state index is 0.150. The number of carbonyl (C=O) groups is 2. The molecule has 0 saturated carbocycles. The van der Waals surface area contributed by atoms with Crippen LogP contribution in [0.25, 0.3) is 16.5 Å². The molecule has 144 valence electrons. The molecule has 2 N–H and O–H groups in total. The second-order valence-corrected chi connectivity index (χ2v) is 6.54. The number of anilines is 2. The third kappa shape index (κ3) is 3.87. The van der Waals surface area contributed by atoms with Gasteiger partial charge in [0.2, 0.25) is 5.91 Å². The van der Waals surface area contributed by atoms with Crippen LogP contribution in [0.3, 0.4) is 0 Å². The molecule has 1 heterocycles. The monoisotopic (exact) mass is 384 g/mol. The molecule has 2 amide bonds. The van der Waals surface area contributed by atoms with Crippen molar-refractivity contribution in [2.24, 2.45) is 0 Å². The Bertz CT molecular complexity index is 1180. The number of benzene rings is 3. The number of hydrogen-bond donors (Lipinski definition) is 2. The van der Waals surface area contributed by atoms with Crippen LogP contribution in [0.5, 0.6) is 0 Å². The molecule has 4 rings (SSSR count). The van der Waals surface area contributed by atoms with Crippen molar-refractivity contribution < 1.29 is 9.59 Å². The van der Waals surface area contributed by atoms with Crippen molar-refractivity contribution in [3.8, 4) is 5.69 Å². The van der Waals surface area contributed by atoms with Crippen LogP contribution in [-0.4, -0.2) is 21.6 Å². The lowest BCUT2D eigenvalue weighted by atomic mass is 10.1. The summed E-state index contributed by atoms with van der Waals surface area (Å²) in [6.45, 7) is 1.77. The molecule has 0 aliphatic carbocycles. The van der Waals surface area contributed by atoms with E-state index in [0.29, 0.717) is 17.9 Å². The first kappa shape index (κ1) is 18.4. The van der Waals surface area contributed by atoms with Crippen molar-refractivity contribution in [1.29, 1.82) is 0 Å². The SMILES string of the molecule is CCC(=O)Nc1cc(C(=O)Nc2cccc3ccccc23)nn1-c1ccccc1. The van der Waals surface area contributed by atoms with Gasteiger partial charge in [-0.2, -0.15) is 5.10 Å². The Morgan fingerprint density at radius 3 is 2.41 bits per heavy atom. The lowest BCUT2D eigenvalue weighted by Gasteiger charge is -2.08. The number of amides is 2. The molecule has 4 aromatic rings. The molecule has 0 spiro atoms. The molecule has 0 bridgehead atoms. The second kappa shape index (κ2) is 7.98. The summed E-state index contributed by atoms with van der Waals surface area (Å²) in [4.78, 5) is 24.8. The van der Waals surface area contributed by atoms with Crippen LogP contribution >= 0.6 is 0 Å². The minimum Gasteiger partial charge on any atom is -0.320 e. The van der Waals surface area contributed by atoms with E-state index < -0.39 is 0 Å². The largest absolute Gasteiger partial charge is 0.320 e. The lowest BCUT2D eigenvalue weighted by molar-refractivity contribution is -0.115. The van der Waals surface area contributed by atoms with E-state index in [-0.39, 0.29) is 17.5 Å². The molecule has 6 nitrogen and oxygen atoms in total. The molecule has 6 heteroatoms. The Morgan fingerprint density at radius 1 is 0.897 bits per heavy atom. The number of nitrogens with one attached hydrogen (secondary N) is 2. The van der Waals surface area contributed by atoms with Crippen LogP contribution in [0.2, 0.25) is 0 Å². The number of rotatable bonds is 5. The molecule has 0 saturated heterocycles. The maximum atomic E-state index is 12.9. The van der Waals surface area contributed by atoms with E-state index in [1.54, 1.807) is 17.7 Å². The molecule has 0 aliphatic rings. The fourth-order valence-corrected chi connectivity index (χ4v) is 3.10. The highest BCUT2D eigenvalue weighted by Gasteiger charge is 2.17. The first-order valence-corrected chi connectivity index (χ1v) is 9.40. The van der Waals surface area contributed by atoms with Gasteiger partial charge in [-0.25, -0.2) is 4.68 Å². The summed E-state index contributed by atoms with van der Waals surface area (Å²) < 4.78 is 1.56. The van der Waals surface area contributed by atoms with Crippen molar-refractivity contribution in [3.05, 3.63) is 84.6 Å². The predicted molar refractivity (Wildman–Crippen MR) is 114 cm³/mol. The molecule has 0 aliphatic heterocycles. The third-order valence-electron chi connectivity index (χ3n) is 4.57. The minimum atomic E-state index is -0.344. The van der Waals surface area contributed by atoms with Crippen LogP contribution < -0.4 is 10.6 Å². The molecule has 0 fully saturated rings. The molecule has 0 atom stereocenters. The average molecular weight is 384 g/mol. The summed E-state index contributed by atoms with van der Waals surface area (Å²) in [5, 5.41) is 12.2. The molecule has 29 heavy (non-hydrogen) atoms. The number of aromatic nitrogens is 2. The third-order valence-corrected chi connectivity index (χ3v) is 4.57. The van der Waals surface area contributed by atoms with Crippen molar-refractivity contribution in [1.82, 2.24) is 9.78 Å². The first-order chi connectivity index (χ1) is 14.2. The lowest BCUT2D eigenvalue weighted by Crippen LogP contribution is -2.14. The Balaban J connectivity index is 1.69. The number of para-hydroxylation sites is 1. The smallest absolute Gasteiger partial charge is 0.276 e. The van der Waals surface area contributed by atoms with E-state index in [4.69, 9.17) is 0 Å². The van der Waals surface area contributed by atoms with Crippen LogP contribution in [-0.2, 0) is 4.79 Å². The zero-order chi connectivity index (χ0) is 20.2. The van der Waals surface area contributed by atoms with Gasteiger partial charge >= 0.3 is 0 Å². The maximum Gasteiger partial charge on any atom is 0.276 e. The Labute approximate surface area is 168 Å². The van der Waals surface area contributed by atoms with Crippen LogP contribution in [0.15, 0.2) is 78.9 Å². The molecule has 0 radical (unpaired) electrons. The van der Waals surface area contributed by atoms with Gasteiger partial charge in [-0.15, -0.1) is 0 Å². The fourth-order valence-electron chi connectivity index (χ4n) is 3.10. The maximum absolute atomic E-state index is 12.9. The van der Waals surface area contributed by atoms with Crippen molar-refractivity contribution >= 4 is 34.1 Å². The van der Waals surface area contributed by atoms with Gasteiger partial charge < -0.3 is 10.6 Å². The Morgan fingerprint density at radius 2 is 1.62 bits per heavy atom. The van der Waals surface area contributed by atoms with E-state index in [1.807, 2.05) is 72.8 Å². The highest BCUT2D eigenvalue weighted by Crippen LogP contribution is 2.24. The molecular formula is C23H20N4O2. The molecular weight excluding hydrogens is 364 g/mol. The van der Waals surface area contributed by atoms with E-state index in [9.17, 15) is 9.59 Å². The van der Waals surface area contributed by atoms with Gasteiger partial charge in [-0.1, -0.05) is 61.5 Å². The number of nitrogens with zero attached hydrogens (tertiary/aromatic N) is 2. The summed E-state index contributed by atoms with van der Waals surface area (Å²) >= 11 is 0. The number of fused-ring (bicyclic) bond motifs is 1. The molecule has 1 aromatic heterocycles. The highest BCUT2D eigenvalue weighted by molar-refractivity contribution is 6.08.